The number of amides is 1. The summed E-state index contributed by atoms with van der Waals surface area (Å²) >= 11 is 6.57. The molecule has 0 spiro atoms. The van der Waals surface area contributed by atoms with Crippen LogP contribution in [0.25, 0.3) is 0 Å². The third-order valence-corrected chi connectivity index (χ3v) is 6.99. The zero-order valence-electron chi connectivity index (χ0n) is 17.7. The van der Waals surface area contributed by atoms with E-state index in [1.807, 2.05) is 48.5 Å². The highest BCUT2D eigenvalue weighted by molar-refractivity contribution is 6.31. The number of fused-ring (bicyclic) bond motifs is 3. The Morgan fingerprint density at radius 3 is 2.61 bits per heavy atom. The Morgan fingerprint density at radius 1 is 1.00 bits per heavy atom. The molecule has 156 valence electrons. The van der Waals surface area contributed by atoms with Crippen LogP contribution in [-0.2, 0) is 0 Å². The van der Waals surface area contributed by atoms with Gasteiger partial charge < -0.3 is 10.6 Å². The number of para-hydroxylation sites is 1. The maximum absolute atomic E-state index is 13.3. The van der Waals surface area contributed by atoms with Crippen molar-refractivity contribution in [1.82, 2.24) is 0 Å². The van der Waals surface area contributed by atoms with E-state index in [4.69, 9.17) is 11.6 Å². The fraction of sp³-hybridized carbons (Fsp3) is 0.222. The molecule has 0 fully saturated rings. The lowest BCUT2D eigenvalue weighted by atomic mass is 9.76. The molecule has 1 aliphatic heterocycles. The largest absolute Gasteiger partial charge is 0.377 e. The Bertz CT molecular complexity index is 1200. The zero-order chi connectivity index (χ0) is 21.5. The molecule has 0 radical (unpaired) electrons. The van der Waals surface area contributed by atoms with E-state index in [1.165, 1.54) is 11.1 Å². The predicted molar refractivity (Wildman–Crippen MR) is 128 cm³/mol. The van der Waals surface area contributed by atoms with Crippen molar-refractivity contribution in [3.05, 3.63) is 106 Å². The maximum atomic E-state index is 13.3. The fourth-order valence-corrected chi connectivity index (χ4v) is 5.12. The highest BCUT2D eigenvalue weighted by Gasteiger charge is 2.39. The summed E-state index contributed by atoms with van der Waals surface area (Å²) in [6, 6.07) is 20.0. The normalized spacial score (nSPS) is 21.2. The van der Waals surface area contributed by atoms with Gasteiger partial charge in [-0.2, -0.15) is 0 Å². The number of carbonyl (C=O) groups excluding carboxylic acids is 1. The smallest absolute Gasteiger partial charge is 0.257 e. The van der Waals surface area contributed by atoms with E-state index in [1.54, 1.807) is 0 Å². The second-order valence-electron chi connectivity index (χ2n) is 8.52. The van der Waals surface area contributed by atoms with Crippen LogP contribution < -0.4 is 10.6 Å². The van der Waals surface area contributed by atoms with Gasteiger partial charge in [-0.05, 0) is 72.7 Å². The van der Waals surface area contributed by atoms with Gasteiger partial charge in [0.1, 0.15) is 0 Å². The van der Waals surface area contributed by atoms with Crippen LogP contribution in [0.1, 0.15) is 51.0 Å². The van der Waals surface area contributed by atoms with Crippen LogP contribution in [0.2, 0.25) is 5.02 Å². The van der Waals surface area contributed by atoms with Crippen LogP contribution in [0.5, 0.6) is 0 Å². The van der Waals surface area contributed by atoms with Gasteiger partial charge >= 0.3 is 0 Å². The molecule has 1 heterocycles. The number of hydrogen-bond acceptors (Lipinski definition) is 2. The summed E-state index contributed by atoms with van der Waals surface area (Å²) in [6.07, 6.45) is 5.52. The van der Waals surface area contributed by atoms with Gasteiger partial charge in [-0.15, -0.1) is 0 Å². The third-order valence-electron chi connectivity index (χ3n) is 6.65. The molecule has 3 aromatic carbocycles. The van der Waals surface area contributed by atoms with Gasteiger partial charge in [0.25, 0.3) is 5.91 Å². The van der Waals surface area contributed by atoms with Crippen LogP contribution in [0, 0.1) is 19.8 Å². The Morgan fingerprint density at radius 2 is 1.81 bits per heavy atom. The van der Waals surface area contributed by atoms with E-state index < -0.39 is 0 Å². The van der Waals surface area contributed by atoms with Crippen molar-refractivity contribution in [2.24, 2.45) is 5.92 Å². The highest BCUT2D eigenvalue weighted by atomic mass is 35.5. The molecule has 0 saturated heterocycles. The van der Waals surface area contributed by atoms with E-state index in [2.05, 4.69) is 48.8 Å². The molecule has 0 aromatic heterocycles. The van der Waals surface area contributed by atoms with Crippen LogP contribution in [0.15, 0.2) is 72.8 Å². The summed E-state index contributed by atoms with van der Waals surface area (Å²) in [5, 5.41) is 7.53. The zero-order valence-corrected chi connectivity index (χ0v) is 18.4. The third kappa shape index (κ3) is 3.53. The Kier molecular flexibility index (Phi) is 5.07. The first-order chi connectivity index (χ1) is 15.0. The Hall–Kier alpha value is -3.04. The van der Waals surface area contributed by atoms with Crippen molar-refractivity contribution in [2.75, 3.05) is 10.6 Å². The van der Waals surface area contributed by atoms with E-state index in [0.29, 0.717) is 11.5 Å². The number of carbonyl (C=O) groups is 1. The van der Waals surface area contributed by atoms with E-state index >= 15 is 0 Å². The summed E-state index contributed by atoms with van der Waals surface area (Å²) in [5.74, 6) is 0.545. The first kappa shape index (κ1) is 19.9. The number of hydrogen-bond donors (Lipinski definition) is 2. The maximum Gasteiger partial charge on any atom is 0.257 e. The van der Waals surface area contributed by atoms with Crippen LogP contribution in [0.3, 0.4) is 0 Å². The van der Waals surface area contributed by atoms with Gasteiger partial charge in [0, 0.05) is 16.6 Å². The van der Waals surface area contributed by atoms with Crippen LogP contribution >= 0.6 is 11.6 Å². The van der Waals surface area contributed by atoms with Crippen molar-refractivity contribution in [1.29, 1.82) is 0 Å². The second kappa shape index (κ2) is 7.90. The molecule has 1 amide bonds. The van der Waals surface area contributed by atoms with E-state index in [9.17, 15) is 4.79 Å². The number of benzene rings is 3. The molecule has 3 nitrogen and oxygen atoms in total. The SMILES string of the molecule is Cc1ccc(NC(=O)c2cccc3c2NC(c2ccccc2Cl)C2CC=CC32)cc1C. The number of nitrogens with one attached hydrogen (secondary N) is 2. The lowest BCUT2D eigenvalue weighted by Gasteiger charge is -2.38. The van der Waals surface area contributed by atoms with Crippen molar-refractivity contribution in [3.63, 3.8) is 0 Å². The molecule has 2 aliphatic rings. The number of rotatable bonds is 3. The Labute approximate surface area is 188 Å². The quantitative estimate of drug-likeness (QED) is 0.439. The van der Waals surface area contributed by atoms with Gasteiger partial charge in [0.05, 0.1) is 17.3 Å². The molecule has 3 atom stereocenters. The fourth-order valence-electron chi connectivity index (χ4n) is 4.86. The molecule has 4 heteroatoms. The number of halogens is 1. The minimum atomic E-state index is -0.106. The van der Waals surface area contributed by atoms with Crippen molar-refractivity contribution >= 4 is 28.9 Å². The van der Waals surface area contributed by atoms with E-state index in [-0.39, 0.29) is 17.9 Å². The lowest BCUT2D eigenvalue weighted by molar-refractivity contribution is 0.102. The van der Waals surface area contributed by atoms with Crippen molar-refractivity contribution in [2.45, 2.75) is 32.2 Å². The molecule has 0 saturated carbocycles. The summed E-state index contributed by atoms with van der Waals surface area (Å²) in [7, 11) is 0. The van der Waals surface area contributed by atoms with Crippen molar-refractivity contribution < 1.29 is 4.79 Å². The van der Waals surface area contributed by atoms with Crippen LogP contribution in [0.4, 0.5) is 11.4 Å². The second-order valence-corrected chi connectivity index (χ2v) is 8.93. The van der Waals surface area contributed by atoms with E-state index in [0.717, 1.165) is 33.9 Å². The number of aryl methyl sites for hydroxylation is 2. The molecule has 2 N–H and O–H groups in total. The summed E-state index contributed by atoms with van der Waals surface area (Å²) in [5.41, 5.74) is 6.99. The van der Waals surface area contributed by atoms with Gasteiger partial charge in [-0.3, -0.25) is 4.79 Å². The van der Waals surface area contributed by atoms with Crippen LogP contribution in [-0.4, -0.2) is 5.91 Å². The van der Waals surface area contributed by atoms with Gasteiger partial charge in [0.15, 0.2) is 0 Å². The molecule has 5 rings (SSSR count). The minimum Gasteiger partial charge on any atom is -0.377 e. The first-order valence-corrected chi connectivity index (χ1v) is 11.1. The van der Waals surface area contributed by atoms with Gasteiger partial charge in [-0.25, -0.2) is 0 Å². The highest BCUT2D eigenvalue weighted by Crippen LogP contribution is 2.51. The molecule has 3 aromatic rings. The van der Waals surface area contributed by atoms with Gasteiger partial charge in [0.2, 0.25) is 0 Å². The standard InChI is InChI=1S/C27H25ClN2O/c1-16-13-14-18(15-17(16)2)29-27(31)23-11-6-10-21-19-8-5-9-20(19)25(30-26(21)23)22-7-3-4-12-24(22)28/h3-8,10-15,19-20,25,30H,9H2,1-2H3,(H,29,31). The predicted octanol–water partition coefficient (Wildman–Crippen LogP) is 7.04. The van der Waals surface area contributed by atoms with Gasteiger partial charge in [-0.1, -0.05) is 60.2 Å². The first-order valence-electron chi connectivity index (χ1n) is 10.7. The average molecular weight is 429 g/mol. The summed E-state index contributed by atoms with van der Waals surface area (Å²) < 4.78 is 0. The number of allylic oxidation sites excluding steroid dienone is 2. The molecule has 0 bridgehead atoms. The molecule has 31 heavy (non-hydrogen) atoms. The van der Waals surface area contributed by atoms with Crippen molar-refractivity contribution in [3.8, 4) is 0 Å². The minimum absolute atomic E-state index is 0.0526. The monoisotopic (exact) mass is 428 g/mol. The Balaban J connectivity index is 1.53. The molecular weight excluding hydrogens is 404 g/mol. The average Bonchev–Trinajstić information content (AvgIpc) is 3.26. The summed E-state index contributed by atoms with van der Waals surface area (Å²) in [4.78, 5) is 13.3. The summed E-state index contributed by atoms with van der Waals surface area (Å²) in [6.45, 7) is 4.12. The molecule has 3 unspecified atom stereocenters. The molecule has 1 aliphatic carbocycles. The lowest BCUT2D eigenvalue weighted by Crippen LogP contribution is -2.31. The molecular formula is C27H25ClN2O. The topological polar surface area (TPSA) is 41.1 Å². The number of anilines is 2.